The number of nitrogens with zero attached hydrogens (tertiary/aromatic N) is 4. The molecule has 0 saturated heterocycles. The van der Waals surface area contributed by atoms with Crippen LogP contribution in [0, 0.1) is 72.3 Å². The molecule has 4 unspecified atom stereocenters. The number of para-hydroxylation sites is 2. The number of azo groups is 1. The van der Waals surface area contributed by atoms with Crippen LogP contribution in [0.25, 0.3) is 21.8 Å². The first-order valence-corrected chi connectivity index (χ1v) is 44.9. The Hall–Kier alpha value is -0.913. The molecule has 0 N–H and O–H groups in total. The van der Waals surface area contributed by atoms with Gasteiger partial charge in [0.25, 0.3) is 0 Å². The SMILES string of the molecule is CC(C)[PH+](C(C)C)C(C)C.CC(C)[PH+](C(C)C)C(C)C.CC(C)[PH+](C(C)C)C(C)C.CC(C)[PH+](C(C)C)C(C)C.[CH-]=CC1CC(C(C)C)C(N=NC2C(C(C)C)CC(C=[CH-])CC2C(C)C)C(C(C)C)C1.[CH-]=O.[CH-]=O.[Ru+3].[Ru+3].[S-]c1ccc2ccccc2n1.[S-]c1ccc2ccccc2n1. The van der Waals surface area contributed by atoms with Crippen molar-refractivity contribution in [1.29, 1.82) is 0 Å². The minimum atomic E-state index is -0.0957. The molecule has 0 bridgehead atoms. The third-order valence-electron chi connectivity index (χ3n) is 19.5. The van der Waals surface area contributed by atoms with Gasteiger partial charge in [0.1, 0.15) is 0 Å². The summed E-state index contributed by atoms with van der Waals surface area (Å²) in [6.07, 6.45) is 8.47. The molecular formula is C84H150N4O2P4Ru2S2+4. The molecule has 4 aromatic rings. The van der Waals surface area contributed by atoms with Gasteiger partial charge in [0.2, 0.25) is 0 Å². The summed E-state index contributed by atoms with van der Waals surface area (Å²) < 4.78 is 0. The predicted octanol–water partition coefficient (Wildman–Crippen LogP) is 25.5. The van der Waals surface area contributed by atoms with Crippen LogP contribution in [0.3, 0.4) is 0 Å². The first kappa shape index (κ1) is 106. The zero-order valence-corrected chi connectivity index (χ0v) is 77.3. The van der Waals surface area contributed by atoms with E-state index in [-0.39, 0.29) is 70.6 Å². The summed E-state index contributed by atoms with van der Waals surface area (Å²) in [5.41, 5.74) is 13.2. The summed E-state index contributed by atoms with van der Waals surface area (Å²) in [6, 6.07) is 24.2. The Bertz CT molecular complexity index is 2310. The van der Waals surface area contributed by atoms with Gasteiger partial charge in [-0.25, -0.2) is 0 Å². The molecule has 2 radical (unpaired) electrons. The Morgan fingerprint density at radius 2 is 0.520 bits per heavy atom. The standard InChI is InChI=1S/C28H48N2.2C9H7NS.4C9H21P.2CHO.2Ru/c1-11-21-13-23(17(3)4)27(24(14-21)18(5)6)29-30-28-25(19(7)8)15-22(12-2)16-26(28)20(9)10;2*11-9-6-5-7-3-1-2-4-8(7)10-9;4*1-7(2)10(8(3)4)9(5)6;2*1-2;;/h1-2,11-12,17-28H,13-16H2,3-10H3;2*1-6H,(H,10,11);4*7-9H,1-6H3;2*1H;;/q-2;;;;;;;2*-1;2*+3/p+2. The Morgan fingerprint density at radius 3 is 0.673 bits per heavy atom. The Balaban J connectivity index is -0.000000360. The Morgan fingerprint density at radius 1 is 0.337 bits per heavy atom. The van der Waals surface area contributed by atoms with Crippen molar-refractivity contribution in [2.75, 3.05) is 0 Å². The van der Waals surface area contributed by atoms with Gasteiger partial charge in [-0.1, -0.05) is 138 Å². The summed E-state index contributed by atoms with van der Waals surface area (Å²) >= 11 is 9.86. The van der Waals surface area contributed by atoms with Crippen molar-refractivity contribution in [2.45, 2.75) is 337 Å². The average Bonchev–Trinajstić information content (AvgIpc) is 0.800. The maximum Gasteiger partial charge on any atom is 3.00 e. The van der Waals surface area contributed by atoms with Gasteiger partial charge < -0.3 is 48.0 Å². The van der Waals surface area contributed by atoms with E-state index in [1.54, 1.807) is 0 Å². The van der Waals surface area contributed by atoms with E-state index in [9.17, 15) is 0 Å². The number of hydrogen-bond acceptors (Lipinski definition) is 8. The second-order valence-electron chi connectivity index (χ2n) is 32.2. The van der Waals surface area contributed by atoms with Crippen LogP contribution in [0.2, 0.25) is 0 Å². The van der Waals surface area contributed by atoms with Crippen molar-refractivity contribution in [1.82, 2.24) is 9.97 Å². The van der Waals surface area contributed by atoms with Gasteiger partial charge >= 0.3 is 39.0 Å². The van der Waals surface area contributed by atoms with Crippen LogP contribution in [-0.2, 0) is 73.8 Å². The van der Waals surface area contributed by atoms with E-state index in [4.69, 9.17) is 58.2 Å². The van der Waals surface area contributed by atoms with Crippen molar-refractivity contribution in [3.05, 3.63) is 98.1 Å². The summed E-state index contributed by atoms with van der Waals surface area (Å²) in [5.74, 6) is 5.66. The second kappa shape index (κ2) is 57.3. The smallest absolute Gasteiger partial charge is 0.760 e. The van der Waals surface area contributed by atoms with Crippen LogP contribution in [0.1, 0.15) is 247 Å². The predicted molar refractivity (Wildman–Crippen MR) is 452 cm³/mol. The molecule has 2 heterocycles. The summed E-state index contributed by atoms with van der Waals surface area (Å²) in [4.78, 5) is 23.9. The number of rotatable bonds is 20. The van der Waals surface area contributed by atoms with Crippen LogP contribution >= 0.6 is 31.7 Å². The van der Waals surface area contributed by atoms with Crippen LogP contribution < -0.4 is 0 Å². The molecule has 98 heavy (non-hydrogen) atoms. The van der Waals surface area contributed by atoms with Gasteiger partial charge in [-0.2, -0.15) is 10.2 Å². The van der Waals surface area contributed by atoms with E-state index in [2.05, 4.69) is 245 Å². The van der Waals surface area contributed by atoms with E-state index in [1.807, 2.05) is 84.9 Å². The summed E-state index contributed by atoms with van der Waals surface area (Å²) in [6.45, 7) is 94.1. The third kappa shape index (κ3) is 40.5. The molecule has 562 valence electrons. The minimum Gasteiger partial charge on any atom is -0.760 e. The second-order valence-corrected chi connectivity index (χ2v) is 50.9. The molecule has 6 nitrogen and oxygen atoms in total. The topological polar surface area (TPSA) is 84.6 Å². The molecule has 2 aliphatic rings. The van der Waals surface area contributed by atoms with Crippen molar-refractivity contribution in [3.63, 3.8) is 0 Å². The monoisotopic (exact) mass is 1640 g/mol. The number of benzene rings is 2. The van der Waals surface area contributed by atoms with Crippen molar-refractivity contribution in [3.8, 4) is 0 Å². The summed E-state index contributed by atoms with van der Waals surface area (Å²) in [7, 11) is -0.383. The minimum absolute atomic E-state index is 0. The van der Waals surface area contributed by atoms with Crippen molar-refractivity contribution < 1.29 is 48.5 Å². The zero-order chi connectivity index (χ0) is 75.2. The molecule has 2 fully saturated rings. The average molecular weight is 1640 g/mol. The van der Waals surface area contributed by atoms with Gasteiger partial charge in [0.15, 0.2) is 0 Å². The normalized spacial score (nSPS) is 19.2. The maximum atomic E-state index is 7.75. The fourth-order valence-corrected chi connectivity index (χ4v) is 32.7. The fourth-order valence-electron chi connectivity index (χ4n) is 16.4. The van der Waals surface area contributed by atoms with Crippen molar-refractivity contribution in [2.24, 2.45) is 69.4 Å². The quantitative estimate of drug-likeness (QED) is 0.0219. The number of hydrogen-bond donors (Lipinski definition) is 0. The molecule has 14 heteroatoms. The molecule has 2 aliphatic carbocycles. The maximum absolute atomic E-state index is 7.75. The first-order chi connectivity index (χ1) is 44.7. The first-order valence-electron chi connectivity index (χ1n) is 37.2. The van der Waals surface area contributed by atoms with E-state index >= 15 is 0 Å². The van der Waals surface area contributed by atoms with Crippen LogP contribution in [0.15, 0.2) is 105 Å². The van der Waals surface area contributed by atoms with Gasteiger partial charge in [-0.05, 0) is 251 Å². The molecule has 2 aromatic heterocycles. The molecule has 0 spiro atoms. The number of allylic oxidation sites excluding steroid dienone is 2. The summed E-state index contributed by atoms with van der Waals surface area (Å²) in [5, 5.41) is 14.0. The largest absolute Gasteiger partial charge is 3.00 e. The molecule has 4 atom stereocenters. The Kier molecular flexibility index (Phi) is 61.9. The van der Waals surface area contributed by atoms with Crippen LogP contribution in [0.5, 0.6) is 0 Å². The van der Waals surface area contributed by atoms with Gasteiger partial charge in [-0.3, -0.25) is 35.7 Å². The molecule has 2 saturated carbocycles. The number of aromatic nitrogens is 2. The fraction of sp³-hybridized carbons (Fsp3) is 0.714. The van der Waals surface area contributed by atoms with E-state index in [1.165, 1.54) is 0 Å². The molecule has 0 amide bonds. The number of carbonyl (C=O) groups excluding carboxylic acids is 2. The van der Waals surface area contributed by atoms with Gasteiger partial charge in [0, 0.05) is 42.5 Å². The number of fused-ring (bicyclic) bond motifs is 2. The number of pyridine rings is 2. The van der Waals surface area contributed by atoms with E-state index in [0.717, 1.165) is 115 Å². The third-order valence-corrected chi connectivity index (χ3v) is 36.0. The molecule has 6 rings (SSSR count). The van der Waals surface area contributed by atoms with Crippen LogP contribution in [-0.4, -0.2) is 104 Å². The van der Waals surface area contributed by atoms with E-state index < -0.39 is 0 Å². The van der Waals surface area contributed by atoms with Crippen molar-refractivity contribution >= 4 is 92.3 Å². The van der Waals surface area contributed by atoms with Crippen LogP contribution in [0.4, 0.5) is 0 Å². The van der Waals surface area contributed by atoms with Gasteiger partial charge in [0.05, 0.1) is 91.0 Å². The zero-order valence-electron chi connectivity index (χ0n) is 68.2. The van der Waals surface area contributed by atoms with E-state index in [0.29, 0.717) is 81.3 Å². The molecule has 2 aromatic carbocycles. The molecular weight excluding hydrogens is 1490 g/mol. The molecule has 0 aliphatic heterocycles. The Labute approximate surface area is 650 Å². The van der Waals surface area contributed by atoms with Gasteiger partial charge in [-0.15, -0.1) is 0 Å².